The number of ether oxygens (including phenoxy) is 1. The number of carboxylic acid groups (broad SMARTS) is 1. The molecule has 0 heterocycles. The zero-order valence-corrected chi connectivity index (χ0v) is 17.0. The van der Waals surface area contributed by atoms with Crippen LogP contribution in [-0.4, -0.2) is 22.8 Å². The fourth-order valence-corrected chi connectivity index (χ4v) is 3.63. The van der Waals surface area contributed by atoms with Crippen molar-refractivity contribution >= 4 is 40.8 Å². The van der Waals surface area contributed by atoms with E-state index in [1.165, 1.54) is 30.3 Å². The number of carboxylic acids is 1. The van der Waals surface area contributed by atoms with Gasteiger partial charge in [-0.2, -0.15) is 0 Å². The highest BCUT2D eigenvalue weighted by atomic mass is 35.5. The molecule has 0 unspecified atom stereocenters. The van der Waals surface area contributed by atoms with E-state index in [2.05, 4.69) is 0 Å². The van der Waals surface area contributed by atoms with Crippen molar-refractivity contribution in [2.75, 3.05) is 6.61 Å². The lowest BCUT2D eigenvalue weighted by molar-refractivity contribution is -0.139. The Kier molecular flexibility index (Phi) is 6.52. The van der Waals surface area contributed by atoms with Crippen LogP contribution < -0.4 is 4.74 Å². The maximum absolute atomic E-state index is 13.8. The molecule has 0 amide bonds. The number of phenolic OH excluding ortho intramolecular Hbond substituents is 1. The number of hydrogen-bond donors (Lipinski definition) is 2. The Bertz CT molecular complexity index is 1060. The summed E-state index contributed by atoms with van der Waals surface area (Å²) in [6.45, 7) is -0.512. The van der Waals surface area contributed by atoms with Gasteiger partial charge in [0.2, 0.25) is 0 Å². The molecule has 0 fully saturated rings. The fraction of sp³-hybridized carbons (Fsp3) is 0.0952. The first-order chi connectivity index (χ1) is 13.8. The van der Waals surface area contributed by atoms with Gasteiger partial charge >= 0.3 is 5.97 Å². The van der Waals surface area contributed by atoms with Gasteiger partial charge < -0.3 is 14.9 Å². The normalized spacial score (nSPS) is 10.8. The summed E-state index contributed by atoms with van der Waals surface area (Å²) >= 11 is 18.7. The number of aromatic hydroxyl groups is 1. The maximum Gasteiger partial charge on any atom is 0.341 e. The molecule has 3 rings (SSSR count). The van der Waals surface area contributed by atoms with Crippen molar-refractivity contribution in [2.24, 2.45) is 0 Å². The minimum absolute atomic E-state index is 0.0455. The second-order valence-corrected chi connectivity index (χ2v) is 7.37. The van der Waals surface area contributed by atoms with Crippen LogP contribution in [0.25, 0.3) is 11.1 Å². The van der Waals surface area contributed by atoms with E-state index in [4.69, 9.17) is 44.6 Å². The summed E-state index contributed by atoms with van der Waals surface area (Å²) in [7, 11) is 0. The van der Waals surface area contributed by atoms with Gasteiger partial charge in [-0.15, -0.1) is 0 Å². The van der Waals surface area contributed by atoms with E-state index >= 15 is 0 Å². The molecule has 0 aliphatic heterocycles. The summed E-state index contributed by atoms with van der Waals surface area (Å²) < 4.78 is 18.9. The van der Waals surface area contributed by atoms with E-state index in [1.807, 2.05) is 0 Å². The topological polar surface area (TPSA) is 66.8 Å². The van der Waals surface area contributed by atoms with Crippen LogP contribution in [0.15, 0.2) is 48.5 Å². The summed E-state index contributed by atoms with van der Waals surface area (Å²) in [5.74, 6) is -1.51. The predicted molar refractivity (Wildman–Crippen MR) is 111 cm³/mol. The van der Waals surface area contributed by atoms with E-state index < -0.39 is 18.4 Å². The van der Waals surface area contributed by atoms with E-state index in [9.17, 15) is 14.3 Å². The number of rotatable bonds is 6. The van der Waals surface area contributed by atoms with Gasteiger partial charge in [-0.1, -0.05) is 53.0 Å². The maximum atomic E-state index is 13.8. The molecule has 0 atom stereocenters. The van der Waals surface area contributed by atoms with Crippen molar-refractivity contribution in [1.82, 2.24) is 0 Å². The lowest BCUT2D eigenvalue weighted by Crippen LogP contribution is -2.09. The molecular formula is C21H14Cl3FO4. The standard InChI is InChI=1S/C21H14Cl3FO4/c22-16-8-12(29-10-20(27)28)9-17(23)15(16)7-11-4-5-19(26)14(6-11)13-2-1-3-18(25)21(13)24/h1-6,8-9,26H,7,10H2,(H,27,28). The average molecular weight is 456 g/mol. The smallest absolute Gasteiger partial charge is 0.341 e. The molecule has 3 aromatic rings. The minimum atomic E-state index is -1.12. The highest BCUT2D eigenvalue weighted by Crippen LogP contribution is 2.38. The van der Waals surface area contributed by atoms with Gasteiger partial charge in [-0.25, -0.2) is 9.18 Å². The molecule has 0 aliphatic rings. The number of hydrogen-bond acceptors (Lipinski definition) is 3. The number of aliphatic carboxylic acids is 1. The minimum Gasteiger partial charge on any atom is -0.507 e. The van der Waals surface area contributed by atoms with Crippen molar-refractivity contribution in [1.29, 1.82) is 0 Å². The highest BCUT2D eigenvalue weighted by Gasteiger charge is 2.15. The van der Waals surface area contributed by atoms with Gasteiger partial charge in [-0.05, 0) is 41.5 Å². The third-order valence-electron chi connectivity index (χ3n) is 4.16. The van der Waals surface area contributed by atoms with Crippen LogP contribution in [0.5, 0.6) is 11.5 Å². The van der Waals surface area contributed by atoms with Gasteiger partial charge in [0.05, 0.1) is 5.02 Å². The van der Waals surface area contributed by atoms with Crippen molar-refractivity contribution in [3.05, 3.63) is 80.5 Å². The van der Waals surface area contributed by atoms with Crippen LogP contribution in [0.1, 0.15) is 11.1 Å². The Balaban J connectivity index is 1.93. The van der Waals surface area contributed by atoms with Crippen molar-refractivity contribution in [3.63, 3.8) is 0 Å². The zero-order valence-electron chi connectivity index (χ0n) is 14.8. The van der Waals surface area contributed by atoms with Gasteiger partial charge in [-0.3, -0.25) is 0 Å². The Morgan fingerprint density at radius 1 is 1.00 bits per heavy atom. The summed E-state index contributed by atoms with van der Waals surface area (Å²) in [6.07, 6.45) is 0.317. The SMILES string of the molecule is O=C(O)COc1cc(Cl)c(Cc2ccc(O)c(-c3cccc(F)c3Cl)c2)c(Cl)c1. The van der Waals surface area contributed by atoms with E-state index in [0.29, 0.717) is 33.2 Å². The first-order valence-corrected chi connectivity index (χ1v) is 9.48. The van der Waals surface area contributed by atoms with Gasteiger partial charge in [0.15, 0.2) is 6.61 Å². The first-order valence-electron chi connectivity index (χ1n) is 8.35. The summed E-state index contributed by atoms with van der Waals surface area (Å²) in [6, 6.07) is 12.2. The van der Waals surface area contributed by atoms with Gasteiger partial charge in [0, 0.05) is 27.6 Å². The number of phenols is 1. The molecule has 0 radical (unpaired) electrons. The van der Waals surface area contributed by atoms with Crippen molar-refractivity contribution in [3.8, 4) is 22.6 Å². The van der Waals surface area contributed by atoms with Crippen LogP contribution in [0.3, 0.4) is 0 Å². The Morgan fingerprint density at radius 2 is 1.69 bits per heavy atom. The second-order valence-electron chi connectivity index (χ2n) is 6.18. The number of carbonyl (C=O) groups is 1. The lowest BCUT2D eigenvalue weighted by Gasteiger charge is -2.13. The lowest BCUT2D eigenvalue weighted by atomic mass is 9.98. The van der Waals surface area contributed by atoms with Crippen LogP contribution >= 0.6 is 34.8 Å². The van der Waals surface area contributed by atoms with Crippen LogP contribution in [0.4, 0.5) is 4.39 Å². The van der Waals surface area contributed by atoms with Gasteiger partial charge in [0.1, 0.15) is 17.3 Å². The molecule has 0 bridgehead atoms. The molecule has 0 aliphatic carbocycles. The Morgan fingerprint density at radius 3 is 2.34 bits per heavy atom. The largest absolute Gasteiger partial charge is 0.507 e. The molecular weight excluding hydrogens is 442 g/mol. The third-order valence-corrected chi connectivity index (χ3v) is 5.22. The summed E-state index contributed by atoms with van der Waals surface area (Å²) in [4.78, 5) is 10.6. The quantitative estimate of drug-likeness (QED) is 0.463. The third kappa shape index (κ3) is 4.93. The molecule has 2 N–H and O–H groups in total. The molecule has 0 spiro atoms. The van der Waals surface area contributed by atoms with Crippen LogP contribution in [-0.2, 0) is 11.2 Å². The van der Waals surface area contributed by atoms with E-state index in [1.54, 1.807) is 18.2 Å². The number of halogens is 4. The van der Waals surface area contributed by atoms with Crippen LogP contribution in [0.2, 0.25) is 15.1 Å². The van der Waals surface area contributed by atoms with Crippen molar-refractivity contribution < 1.29 is 24.1 Å². The summed E-state index contributed by atoms with van der Waals surface area (Å²) in [5.41, 5.74) is 2.08. The molecule has 0 saturated carbocycles. The zero-order chi connectivity index (χ0) is 21.1. The molecule has 3 aromatic carbocycles. The molecule has 0 saturated heterocycles. The second kappa shape index (κ2) is 8.91. The molecule has 0 aromatic heterocycles. The summed E-state index contributed by atoms with van der Waals surface area (Å²) in [5, 5.41) is 19.4. The van der Waals surface area contributed by atoms with Gasteiger partial charge in [0.25, 0.3) is 0 Å². The van der Waals surface area contributed by atoms with E-state index in [-0.39, 0.29) is 16.5 Å². The fourth-order valence-electron chi connectivity index (χ4n) is 2.80. The highest BCUT2D eigenvalue weighted by molar-refractivity contribution is 6.36. The van der Waals surface area contributed by atoms with Crippen LogP contribution in [0, 0.1) is 5.82 Å². The predicted octanol–water partition coefficient (Wildman–Crippen LogP) is 6.21. The molecule has 150 valence electrons. The van der Waals surface area contributed by atoms with E-state index in [0.717, 1.165) is 5.56 Å². The first kappa shape index (κ1) is 21.2. The monoisotopic (exact) mass is 454 g/mol. The Labute approximate surface area is 181 Å². The molecule has 4 nitrogen and oxygen atoms in total. The molecule has 29 heavy (non-hydrogen) atoms. The average Bonchev–Trinajstić information content (AvgIpc) is 2.66. The van der Waals surface area contributed by atoms with Crippen molar-refractivity contribution in [2.45, 2.75) is 6.42 Å². The molecule has 8 heteroatoms. The Hall–Kier alpha value is -2.47. The number of benzene rings is 3.